The van der Waals surface area contributed by atoms with Gasteiger partial charge in [-0.05, 0) is 0 Å². The quantitative estimate of drug-likeness (QED) is 0.128. The molecule has 0 bridgehead atoms. The summed E-state index contributed by atoms with van der Waals surface area (Å²) in [6.45, 7) is 9.43. The molecule has 0 atom stereocenters. The fourth-order valence-electron chi connectivity index (χ4n) is 3.67. The Bertz CT molecular complexity index is 406. The second-order valence-corrected chi connectivity index (χ2v) is 24.3. The molecule has 0 aliphatic rings. The third kappa shape index (κ3) is 9.06. The van der Waals surface area contributed by atoms with Crippen LogP contribution in [0, 0.1) is 0 Å². The van der Waals surface area contributed by atoms with Crippen molar-refractivity contribution in [3.8, 4) is 0 Å². The molecule has 25 heavy (non-hydrogen) atoms. The number of unbranched alkanes of at least 4 members (excludes halogenated alkanes) is 6. The molecule has 0 N–H and O–H groups in total. The van der Waals surface area contributed by atoms with Crippen LogP contribution < -0.4 is 2.89 Å². The zero-order valence-electron chi connectivity index (χ0n) is 17.4. The molecule has 0 aliphatic carbocycles. The van der Waals surface area contributed by atoms with Crippen molar-refractivity contribution >= 4 is 44.4 Å². The van der Waals surface area contributed by atoms with E-state index in [9.17, 15) is 0 Å². The van der Waals surface area contributed by atoms with Crippen molar-refractivity contribution < 1.29 is 0 Å². The number of thiophene rings is 1. The van der Waals surface area contributed by atoms with Crippen molar-refractivity contribution in [3.05, 3.63) is 12.1 Å². The Kier molecular flexibility index (Phi) is 14.2. The Morgan fingerprint density at radius 2 is 1.28 bits per heavy atom. The molecular weight excluding hydrogens is 447 g/mol. The van der Waals surface area contributed by atoms with Crippen LogP contribution in [0.5, 0.6) is 0 Å². The third-order valence-electron chi connectivity index (χ3n) is 5.37. The van der Waals surface area contributed by atoms with Crippen molar-refractivity contribution in [2.75, 3.05) is 5.75 Å². The Morgan fingerprint density at radius 3 is 1.80 bits per heavy atom. The van der Waals surface area contributed by atoms with Gasteiger partial charge in [0.2, 0.25) is 0 Å². The van der Waals surface area contributed by atoms with Crippen molar-refractivity contribution in [1.82, 2.24) is 0 Å². The molecule has 1 heterocycles. The van der Waals surface area contributed by atoms with Crippen LogP contribution in [0.3, 0.4) is 0 Å². The summed E-state index contributed by atoms with van der Waals surface area (Å²) in [7, 11) is 0. The van der Waals surface area contributed by atoms with E-state index < -0.39 is 18.4 Å². The molecule has 0 spiro atoms. The summed E-state index contributed by atoms with van der Waals surface area (Å²) in [4.78, 5) is 0. The Labute approximate surface area is 170 Å². The van der Waals surface area contributed by atoms with Crippen LogP contribution in [-0.4, -0.2) is 24.1 Å². The average molecular weight is 489 g/mol. The zero-order chi connectivity index (χ0) is 18.4. The van der Waals surface area contributed by atoms with Gasteiger partial charge in [-0.3, -0.25) is 0 Å². The van der Waals surface area contributed by atoms with E-state index in [0.29, 0.717) is 0 Å². The molecule has 0 amide bonds. The fourth-order valence-corrected chi connectivity index (χ4v) is 25.7. The maximum absolute atomic E-state index is 2.58. The minimum absolute atomic E-state index is 1.32. The Balaban J connectivity index is 2.77. The topological polar surface area (TPSA) is 0 Å². The molecule has 0 fully saturated rings. The van der Waals surface area contributed by atoms with E-state index in [-0.39, 0.29) is 0 Å². The van der Waals surface area contributed by atoms with Crippen molar-refractivity contribution in [2.24, 2.45) is 0 Å². The summed E-state index contributed by atoms with van der Waals surface area (Å²) in [6, 6.07) is 5.05. The van der Waals surface area contributed by atoms with E-state index in [2.05, 4.69) is 62.9 Å². The van der Waals surface area contributed by atoms with Gasteiger partial charge in [-0.25, -0.2) is 0 Å². The molecule has 0 saturated carbocycles. The molecule has 146 valence electrons. The van der Waals surface area contributed by atoms with Crippen LogP contribution in [0.25, 0.3) is 0 Å². The summed E-state index contributed by atoms with van der Waals surface area (Å²) in [5.74, 6) is 1.32. The summed E-state index contributed by atoms with van der Waals surface area (Å²) in [6.07, 6.45) is 14.1. The molecule has 1 aromatic rings. The summed E-state index contributed by atoms with van der Waals surface area (Å²) in [5.41, 5.74) is 0. The summed E-state index contributed by atoms with van der Waals surface area (Å²) >= 11 is 2.19. The molecule has 1 aromatic heterocycles. The average Bonchev–Trinajstić information content (AvgIpc) is 3.11. The van der Waals surface area contributed by atoms with E-state index in [1.54, 1.807) is 17.5 Å². The number of hydrogen-bond donors (Lipinski definition) is 0. The van der Waals surface area contributed by atoms with E-state index in [1.807, 2.05) is 2.89 Å². The van der Waals surface area contributed by atoms with Crippen LogP contribution in [0.2, 0.25) is 13.3 Å². The van der Waals surface area contributed by atoms with Gasteiger partial charge >= 0.3 is 172 Å². The SMILES string of the molecule is CCCCCCSc1cc[c]([Sn]([CH2]CCC)([CH2]CCC)[CH2]CCC)s1. The standard InChI is InChI=1S/C10H15S2.3C4H9.Sn/c1-2-3-4-5-8-11-10-7-6-9-12-10;3*1-3-4-2;/h6-7H,2-5,8H2,1H3;3*1,3-4H2,2H3;. The van der Waals surface area contributed by atoms with Gasteiger partial charge in [0.05, 0.1) is 0 Å². The first kappa shape index (κ1) is 23.9. The molecule has 0 nitrogen and oxygen atoms in total. The normalized spacial score (nSPS) is 12.0. The first-order valence-corrected chi connectivity index (χ1v) is 20.2. The third-order valence-corrected chi connectivity index (χ3v) is 26.0. The van der Waals surface area contributed by atoms with Crippen molar-refractivity contribution in [1.29, 1.82) is 0 Å². The van der Waals surface area contributed by atoms with Crippen molar-refractivity contribution in [2.45, 2.75) is 109 Å². The Morgan fingerprint density at radius 1 is 0.720 bits per heavy atom. The number of hydrogen-bond acceptors (Lipinski definition) is 2. The molecule has 1 rings (SSSR count). The molecule has 0 unspecified atom stereocenters. The first-order chi connectivity index (χ1) is 12.2. The Hall–Kier alpha value is 0.849. The fraction of sp³-hybridized carbons (Fsp3) is 0.818. The van der Waals surface area contributed by atoms with Gasteiger partial charge in [0.25, 0.3) is 0 Å². The zero-order valence-corrected chi connectivity index (χ0v) is 21.9. The molecular formula is C22H42S2Sn. The first-order valence-electron chi connectivity index (χ1n) is 11.0. The molecule has 0 aromatic carbocycles. The van der Waals surface area contributed by atoms with Gasteiger partial charge in [0.1, 0.15) is 0 Å². The van der Waals surface area contributed by atoms with Crippen LogP contribution >= 0.6 is 23.1 Å². The van der Waals surface area contributed by atoms with Crippen molar-refractivity contribution in [3.63, 3.8) is 0 Å². The maximum atomic E-state index is 2.58. The van der Waals surface area contributed by atoms with E-state index in [1.165, 1.54) is 70.0 Å². The van der Waals surface area contributed by atoms with E-state index in [0.717, 1.165) is 0 Å². The summed E-state index contributed by atoms with van der Waals surface area (Å²) in [5, 5.41) is 0. The molecule has 0 aliphatic heterocycles. The van der Waals surface area contributed by atoms with Gasteiger partial charge in [-0.15, -0.1) is 0 Å². The predicted molar refractivity (Wildman–Crippen MR) is 124 cm³/mol. The molecule has 0 radical (unpaired) electrons. The van der Waals surface area contributed by atoms with Crippen LogP contribution in [0.4, 0.5) is 0 Å². The van der Waals surface area contributed by atoms with E-state index in [4.69, 9.17) is 0 Å². The van der Waals surface area contributed by atoms with Gasteiger partial charge < -0.3 is 0 Å². The van der Waals surface area contributed by atoms with Gasteiger partial charge in [-0.1, -0.05) is 0 Å². The van der Waals surface area contributed by atoms with Gasteiger partial charge in [-0.2, -0.15) is 0 Å². The van der Waals surface area contributed by atoms with Gasteiger partial charge in [0, 0.05) is 0 Å². The van der Waals surface area contributed by atoms with Crippen LogP contribution in [0.15, 0.2) is 16.3 Å². The number of thioether (sulfide) groups is 1. The minimum atomic E-state index is -2.16. The van der Waals surface area contributed by atoms with Crippen LogP contribution in [0.1, 0.15) is 91.9 Å². The monoisotopic (exact) mass is 490 g/mol. The second kappa shape index (κ2) is 14.9. The number of rotatable bonds is 16. The second-order valence-electron chi connectivity index (χ2n) is 7.62. The molecule has 3 heteroatoms. The van der Waals surface area contributed by atoms with E-state index >= 15 is 0 Å². The van der Waals surface area contributed by atoms with Gasteiger partial charge in [0.15, 0.2) is 0 Å². The van der Waals surface area contributed by atoms with Crippen LogP contribution in [-0.2, 0) is 0 Å². The summed E-state index contributed by atoms with van der Waals surface area (Å²) < 4.78 is 8.32. The molecule has 0 saturated heterocycles. The predicted octanol–water partition coefficient (Wildman–Crippen LogP) is 8.48.